The third-order valence-electron chi connectivity index (χ3n) is 2.03. The summed E-state index contributed by atoms with van der Waals surface area (Å²) in [7, 11) is 0. The fraction of sp³-hybridized carbons (Fsp3) is 0.545. The van der Waals surface area contributed by atoms with Crippen LogP contribution in [0.5, 0.6) is 0 Å². The molecule has 0 bridgehead atoms. The number of nitrogens with one attached hydrogen (secondary N) is 2. The van der Waals surface area contributed by atoms with E-state index in [0.29, 0.717) is 19.5 Å². The highest BCUT2D eigenvalue weighted by Gasteiger charge is 2.01. The topological polar surface area (TPSA) is 54.3 Å². The quantitative estimate of drug-likeness (QED) is 0.755. The maximum Gasteiger partial charge on any atom is 0.221 e. The molecule has 0 spiro atoms. The van der Waals surface area contributed by atoms with Gasteiger partial charge in [-0.15, -0.1) is 0 Å². The average molecular weight is 289 g/mol. The van der Waals surface area contributed by atoms with Crippen LogP contribution in [-0.2, 0) is 11.3 Å². The lowest BCUT2D eigenvalue weighted by Crippen LogP contribution is -2.27. The SMILES string of the molecule is CCCNC(=O)CCNCc1ccc(Br)o1. The van der Waals surface area contributed by atoms with Gasteiger partial charge in [0, 0.05) is 19.5 Å². The first-order valence-electron chi connectivity index (χ1n) is 5.44. The minimum absolute atomic E-state index is 0.0926. The van der Waals surface area contributed by atoms with Gasteiger partial charge in [0.2, 0.25) is 5.91 Å². The molecular formula is C11H17BrN2O2. The summed E-state index contributed by atoms with van der Waals surface area (Å²) in [6.07, 6.45) is 1.47. The van der Waals surface area contributed by atoms with Crippen LogP contribution in [0.15, 0.2) is 21.2 Å². The molecule has 1 aromatic rings. The van der Waals surface area contributed by atoms with Gasteiger partial charge >= 0.3 is 0 Å². The third kappa shape index (κ3) is 5.32. The van der Waals surface area contributed by atoms with Crippen LogP contribution in [0.4, 0.5) is 0 Å². The number of furan rings is 1. The second kappa shape index (κ2) is 7.46. The number of halogens is 1. The van der Waals surface area contributed by atoms with E-state index in [1.807, 2.05) is 19.1 Å². The standard InChI is InChI=1S/C11H17BrN2O2/c1-2-6-14-11(15)5-7-13-8-9-3-4-10(12)16-9/h3-4,13H,2,5-8H2,1H3,(H,14,15). The molecule has 4 nitrogen and oxygen atoms in total. The van der Waals surface area contributed by atoms with Crippen molar-refractivity contribution >= 4 is 21.8 Å². The van der Waals surface area contributed by atoms with Gasteiger partial charge in [-0.2, -0.15) is 0 Å². The van der Waals surface area contributed by atoms with Crippen molar-refractivity contribution in [2.75, 3.05) is 13.1 Å². The van der Waals surface area contributed by atoms with Crippen molar-refractivity contribution in [2.45, 2.75) is 26.3 Å². The van der Waals surface area contributed by atoms with E-state index in [9.17, 15) is 4.79 Å². The Labute approximate surface area is 104 Å². The second-order valence-corrected chi connectivity index (χ2v) is 4.26. The van der Waals surface area contributed by atoms with Gasteiger partial charge in [-0.05, 0) is 34.5 Å². The van der Waals surface area contributed by atoms with Crippen molar-refractivity contribution in [3.63, 3.8) is 0 Å². The maximum atomic E-state index is 11.2. The zero-order valence-electron chi connectivity index (χ0n) is 9.38. The summed E-state index contributed by atoms with van der Waals surface area (Å²) in [5, 5.41) is 5.97. The van der Waals surface area contributed by atoms with E-state index in [-0.39, 0.29) is 5.91 Å². The molecule has 2 N–H and O–H groups in total. The molecule has 0 aromatic carbocycles. The van der Waals surface area contributed by atoms with Crippen LogP contribution in [0.1, 0.15) is 25.5 Å². The highest BCUT2D eigenvalue weighted by molar-refractivity contribution is 9.10. The molecule has 1 rings (SSSR count). The zero-order chi connectivity index (χ0) is 11.8. The first-order valence-corrected chi connectivity index (χ1v) is 6.23. The third-order valence-corrected chi connectivity index (χ3v) is 2.46. The molecule has 90 valence electrons. The monoisotopic (exact) mass is 288 g/mol. The number of carbonyl (C=O) groups excluding carboxylic acids is 1. The summed E-state index contributed by atoms with van der Waals surface area (Å²) in [6, 6.07) is 3.75. The Morgan fingerprint density at radius 1 is 1.44 bits per heavy atom. The summed E-state index contributed by atoms with van der Waals surface area (Å²) in [5.41, 5.74) is 0. The fourth-order valence-corrected chi connectivity index (χ4v) is 1.55. The number of carbonyl (C=O) groups is 1. The first-order chi connectivity index (χ1) is 7.72. The average Bonchev–Trinajstić information content (AvgIpc) is 2.67. The predicted molar refractivity (Wildman–Crippen MR) is 66.0 cm³/mol. The Kier molecular flexibility index (Phi) is 6.18. The minimum Gasteiger partial charge on any atom is -0.453 e. The summed E-state index contributed by atoms with van der Waals surface area (Å²) < 4.78 is 6.04. The molecule has 0 aliphatic carbocycles. The van der Waals surface area contributed by atoms with Gasteiger partial charge in [0.1, 0.15) is 5.76 Å². The molecule has 0 unspecified atom stereocenters. The van der Waals surface area contributed by atoms with Gasteiger partial charge in [-0.25, -0.2) is 0 Å². The largest absolute Gasteiger partial charge is 0.453 e. The Hall–Kier alpha value is -0.810. The molecule has 1 aromatic heterocycles. The van der Waals surface area contributed by atoms with Gasteiger partial charge in [-0.1, -0.05) is 6.92 Å². The molecule has 0 atom stereocenters. The number of hydrogen-bond acceptors (Lipinski definition) is 3. The molecular weight excluding hydrogens is 272 g/mol. The smallest absolute Gasteiger partial charge is 0.221 e. The molecule has 0 aliphatic rings. The van der Waals surface area contributed by atoms with Crippen LogP contribution in [0, 0.1) is 0 Å². The van der Waals surface area contributed by atoms with E-state index >= 15 is 0 Å². The van der Waals surface area contributed by atoms with E-state index in [0.717, 1.165) is 23.4 Å². The van der Waals surface area contributed by atoms with Gasteiger partial charge in [-0.3, -0.25) is 4.79 Å². The number of hydrogen-bond donors (Lipinski definition) is 2. The molecule has 0 aliphatic heterocycles. The predicted octanol–water partition coefficient (Wildman–Crippen LogP) is 2.05. The van der Waals surface area contributed by atoms with Gasteiger partial charge < -0.3 is 15.1 Å². The van der Waals surface area contributed by atoms with E-state index < -0.39 is 0 Å². The molecule has 0 fully saturated rings. The van der Waals surface area contributed by atoms with Crippen LogP contribution in [0.3, 0.4) is 0 Å². The molecule has 1 heterocycles. The molecule has 0 saturated carbocycles. The van der Waals surface area contributed by atoms with E-state index in [1.54, 1.807) is 0 Å². The van der Waals surface area contributed by atoms with Crippen molar-refractivity contribution in [3.8, 4) is 0 Å². The highest BCUT2D eigenvalue weighted by Crippen LogP contribution is 2.13. The van der Waals surface area contributed by atoms with Crippen LogP contribution in [0.2, 0.25) is 0 Å². The van der Waals surface area contributed by atoms with Crippen molar-refractivity contribution < 1.29 is 9.21 Å². The summed E-state index contributed by atoms with van der Waals surface area (Å²) in [6.45, 7) is 4.10. The number of rotatable bonds is 7. The normalized spacial score (nSPS) is 10.4. The van der Waals surface area contributed by atoms with Gasteiger partial charge in [0.05, 0.1) is 6.54 Å². The van der Waals surface area contributed by atoms with Crippen molar-refractivity contribution in [3.05, 3.63) is 22.6 Å². The minimum atomic E-state index is 0.0926. The summed E-state index contributed by atoms with van der Waals surface area (Å²) in [5.74, 6) is 0.954. The van der Waals surface area contributed by atoms with Gasteiger partial charge in [0.25, 0.3) is 0 Å². The second-order valence-electron chi connectivity index (χ2n) is 3.48. The van der Waals surface area contributed by atoms with Crippen LogP contribution >= 0.6 is 15.9 Å². The first kappa shape index (κ1) is 13.3. The van der Waals surface area contributed by atoms with E-state index in [4.69, 9.17) is 4.42 Å². The lowest BCUT2D eigenvalue weighted by atomic mass is 10.3. The van der Waals surface area contributed by atoms with Crippen molar-refractivity contribution in [1.82, 2.24) is 10.6 Å². The zero-order valence-corrected chi connectivity index (χ0v) is 11.0. The van der Waals surface area contributed by atoms with E-state index in [2.05, 4.69) is 26.6 Å². The Balaban J connectivity index is 2.05. The van der Waals surface area contributed by atoms with Crippen LogP contribution in [0.25, 0.3) is 0 Å². The lowest BCUT2D eigenvalue weighted by molar-refractivity contribution is -0.120. The van der Waals surface area contributed by atoms with Crippen LogP contribution in [-0.4, -0.2) is 19.0 Å². The fourth-order valence-electron chi connectivity index (χ4n) is 1.21. The summed E-state index contributed by atoms with van der Waals surface area (Å²) in [4.78, 5) is 11.2. The Morgan fingerprint density at radius 3 is 2.88 bits per heavy atom. The Bertz CT molecular complexity index is 326. The molecule has 5 heteroatoms. The number of amides is 1. The van der Waals surface area contributed by atoms with Gasteiger partial charge in [0.15, 0.2) is 4.67 Å². The highest BCUT2D eigenvalue weighted by atomic mass is 79.9. The summed E-state index contributed by atoms with van der Waals surface area (Å²) >= 11 is 3.23. The molecule has 16 heavy (non-hydrogen) atoms. The van der Waals surface area contributed by atoms with Crippen molar-refractivity contribution in [2.24, 2.45) is 0 Å². The molecule has 1 amide bonds. The van der Waals surface area contributed by atoms with Crippen LogP contribution < -0.4 is 10.6 Å². The maximum absolute atomic E-state index is 11.2. The molecule has 0 saturated heterocycles. The van der Waals surface area contributed by atoms with Crippen molar-refractivity contribution in [1.29, 1.82) is 0 Å². The van der Waals surface area contributed by atoms with E-state index in [1.165, 1.54) is 0 Å². The molecule has 0 radical (unpaired) electrons. The Morgan fingerprint density at radius 2 is 2.25 bits per heavy atom. The lowest BCUT2D eigenvalue weighted by Gasteiger charge is -2.04.